The van der Waals surface area contributed by atoms with Crippen molar-refractivity contribution in [1.29, 1.82) is 0 Å². The van der Waals surface area contributed by atoms with Crippen molar-refractivity contribution in [3.63, 3.8) is 0 Å². The van der Waals surface area contributed by atoms with Crippen LogP contribution < -0.4 is 23.5 Å². The number of carbonyl (C=O) groups excluding carboxylic acids is 2. The van der Waals surface area contributed by atoms with Crippen molar-refractivity contribution < 1.29 is 27.7 Å². The van der Waals surface area contributed by atoms with E-state index in [1.807, 2.05) is 91.0 Å². The molecule has 4 rings (SSSR count). The molecule has 0 saturated carbocycles. The van der Waals surface area contributed by atoms with Crippen LogP contribution in [-0.4, -0.2) is 27.7 Å². The Labute approximate surface area is 198 Å². The third-order valence-corrected chi connectivity index (χ3v) is 5.48. The highest BCUT2D eigenvalue weighted by Gasteiger charge is 2.38. The summed E-state index contributed by atoms with van der Waals surface area (Å²) in [7, 11) is 0. The summed E-state index contributed by atoms with van der Waals surface area (Å²) in [5, 5.41) is 3.25. The van der Waals surface area contributed by atoms with Gasteiger partial charge in [0, 0.05) is 12.4 Å². The van der Waals surface area contributed by atoms with Crippen molar-refractivity contribution in [3.05, 3.63) is 126 Å². The van der Waals surface area contributed by atoms with Crippen LogP contribution in [0.25, 0.3) is 0 Å². The number of quaternary nitrogens is 1. The molecule has 33 heavy (non-hydrogen) atoms. The predicted molar refractivity (Wildman–Crippen MR) is 122 cm³/mol. The number of carbonyl (C=O) groups is 2. The number of Topliss-reactive ketones (excluding diaryl/α,β-unsaturated/α-hetero) is 1. The molecular weight excluding hydrogens is 436 g/mol. The lowest BCUT2D eigenvalue weighted by atomic mass is 9.77. The van der Waals surface area contributed by atoms with E-state index in [-0.39, 0.29) is 36.3 Å². The maximum atomic E-state index is 13.3. The quantitative estimate of drug-likeness (QED) is 0.248. The number of ketones is 1. The smallest absolute Gasteiger partial charge is 0.255 e. The minimum Gasteiger partial charge on any atom is -1.00 e. The molecule has 1 heterocycles. The lowest BCUT2D eigenvalue weighted by molar-refractivity contribution is -0.397. The highest BCUT2D eigenvalue weighted by Crippen LogP contribution is 2.36. The van der Waals surface area contributed by atoms with Crippen molar-refractivity contribution >= 4 is 11.7 Å². The first-order valence-corrected chi connectivity index (χ1v) is 10.5. The van der Waals surface area contributed by atoms with Gasteiger partial charge in [-0.2, -0.15) is 0 Å². The minimum absolute atomic E-state index is 0. The van der Waals surface area contributed by atoms with Crippen LogP contribution in [0.2, 0.25) is 0 Å². The van der Waals surface area contributed by atoms with Crippen molar-refractivity contribution in [1.82, 2.24) is 15.3 Å². The standard InChI is InChI=1S/C26H24N4O2.ClH/c27-22(24(32)25-28-16-17-29-25)18-23(31)30-26(19-10-4-1-5-11-19,20-12-6-2-7-13-20)21-14-8-3-9-15-21;/h1-17,22H,18,27H2,(H,28,29)(H,30,31);1H/t22-;/m1./s1. The molecule has 0 aliphatic heterocycles. The van der Waals surface area contributed by atoms with Crippen molar-refractivity contribution in [3.8, 4) is 0 Å². The average molecular weight is 461 g/mol. The highest BCUT2D eigenvalue weighted by molar-refractivity contribution is 5.98. The van der Waals surface area contributed by atoms with E-state index in [4.69, 9.17) is 0 Å². The Hall–Kier alpha value is -3.74. The summed E-state index contributed by atoms with van der Waals surface area (Å²) in [6, 6.07) is 28.8. The van der Waals surface area contributed by atoms with Gasteiger partial charge in [-0.1, -0.05) is 91.0 Å². The number of imidazole rings is 1. The molecule has 168 valence electrons. The van der Waals surface area contributed by atoms with Crippen molar-refractivity contribution in [2.24, 2.45) is 0 Å². The fourth-order valence-electron chi connectivity index (χ4n) is 3.95. The second-order valence-corrected chi connectivity index (χ2v) is 7.60. The Morgan fingerprint density at radius 1 is 0.848 bits per heavy atom. The van der Waals surface area contributed by atoms with Gasteiger partial charge in [0.15, 0.2) is 11.9 Å². The lowest BCUT2D eigenvalue weighted by Crippen LogP contribution is -3.00. The Morgan fingerprint density at radius 2 is 1.30 bits per heavy atom. The van der Waals surface area contributed by atoms with Crippen LogP contribution in [0.5, 0.6) is 0 Å². The van der Waals surface area contributed by atoms with E-state index < -0.39 is 11.6 Å². The maximum absolute atomic E-state index is 13.3. The second kappa shape index (κ2) is 10.7. The summed E-state index contributed by atoms with van der Waals surface area (Å²) >= 11 is 0. The summed E-state index contributed by atoms with van der Waals surface area (Å²) in [5.74, 6) is -0.366. The highest BCUT2D eigenvalue weighted by atomic mass is 35.5. The van der Waals surface area contributed by atoms with E-state index in [0.717, 1.165) is 16.7 Å². The first kappa shape index (κ1) is 23.9. The molecule has 1 amide bonds. The normalized spacial score (nSPS) is 11.8. The van der Waals surface area contributed by atoms with Crippen LogP contribution in [-0.2, 0) is 10.3 Å². The minimum atomic E-state index is -0.922. The van der Waals surface area contributed by atoms with Crippen molar-refractivity contribution in [2.45, 2.75) is 18.0 Å². The van der Waals surface area contributed by atoms with E-state index in [0.29, 0.717) is 0 Å². The molecule has 0 spiro atoms. The maximum Gasteiger partial charge on any atom is 0.255 e. The first-order valence-electron chi connectivity index (χ1n) is 10.5. The van der Waals surface area contributed by atoms with Crippen molar-refractivity contribution in [2.75, 3.05) is 0 Å². The molecule has 0 fully saturated rings. The molecule has 1 atom stereocenters. The fourth-order valence-corrected chi connectivity index (χ4v) is 3.95. The summed E-state index contributed by atoms with van der Waals surface area (Å²) in [6.07, 6.45) is 3.02. The topological polar surface area (TPSA) is 102 Å². The molecular formula is C26H25ClN4O2. The monoisotopic (exact) mass is 460 g/mol. The van der Waals surface area contributed by atoms with E-state index in [1.165, 1.54) is 6.20 Å². The van der Waals surface area contributed by atoms with E-state index in [2.05, 4.69) is 21.0 Å². The van der Waals surface area contributed by atoms with Crippen LogP contribution >= 0.6 is 0 Å². The zero-order valence-electron chi connectivity index (χ0n) is 17.9. The number of halogens is 1. The number of H-pyrrole nitrogens is 1. The van der Waals surface area contributed by atoms with Gasteiger partial charge in [-0.05, 0) is 16.7 Å². The Kier molecular flexibility index (Phi) is 7.77. The summed E-state index contributed by atoms with van der Waals surface area (Å²) in [4.78, 5) is 32.7. The molecule has 0 radical (unpaired) electrons. The third-order valence-electron chi connectivity index (χ3n) is 5.48. The van der Waals surface area contributed by atoms with Gasteiger partial charge in [-0.15, -0.1) is 0 Å². The SMILES string of the molecule is [Cl-].[NH3+][C@H](CC(=O)NC(c1ccccc1)(c1ccccc1)c1ccccc1)C(=O)c1ncc[nH]1. The molecule has 6 nitrogen and oxygen atoms in total. The van der Waals surface area contributed by atoms with Crippen LogP contribution in [0.1, 0.15) is 33.7 Å². The van der Waals surface area contributed by atoms with Gasteiger partial charge in [0.1, 0.15) is 5.54 Å². The Bertz CT molecular complexity index is 1070. The van der Waals surface area contributed by atoms with E-state index >= 15 is 0 Å². The molecule has 7 heteroatoms. The average Bonchev–Trinajstić information content (AvgIpc) is 3.39. The Balaban J connectivity index is 0.00000306. The number of rotatable bonds is 8. The van der Waals surface area contributed by atoms with Gasteiger partial charge in [0.2, 0.25) is 5.91 Å². The summed E-state index contributed by atoms with van der Waals surface area (Å²) in [6.45, 7) is 0. The number of aromatic nitrogens is 2. The number of nitrogens with zero attached hydrogens (tertiary/aromatic N) is 1. The van der Waals surface area contributed by atoms with Gasteiger partial charge in [0.25, 0.3) is 5.78 Å². The molecule has 1 aromatic heterocycles. The van der Waals surface area contributed by atoms with Gasteiger partial charge < -0.3 is 28.4 Å². The summed E-state index contributed by atoms with van der Waals surface area (Å²) in [5.41, 5.74) is 5.75. The van der Waals surface area contributed by atoms with E-state index in [9.17, 15) is 9.59 Å². The largest absolute Gasteiger partial charge is 1.00 e. The third kappa shape index (κ3) is 5.03. The van der Waals surface area contributed by atoms with Gasteiger partial charge >= 0.3 is 0 Å². The molecule has 0 unspecified atom stereocenters. The zero-order valence-corrected chi connectivity index (χ0v) is 18.7. The van der Waals surface area contributed by atoms with E-state index in [1.54, 1.807) is 6.20 Å². The van der Waals surface area contributed by atoms with Gasteiger partial charge in [-0.25, -0.2) is 4.98 Å². The number of amides is 1. The number of aromatic amines is 1. The van der Waals surface area contributed by atoms with Gasteiger partial charge in [0.05, 0.1) is 6.42 Å². The van der Waals surface area contributed by atoms with Crippen LogP contribution in [0.4, 0.5) is 0 Å². The molecule has 0 saturated heterocycles. The fraction of sp³-hybridized carbons (Fsp3) is 0.115. The number of hydrogen-bond donors (Lipinski definition) is 3. The number of nitrogens with one attached hydrogen (secondary N) is 2. The molecule has 0 bridgehead atoms. The van der Waals surface area contributed by atoms with Crippen LogP contribution in [0.3, 0.4) is 0 Å². The first-order chi connectivity index (χ1) is 15.6. The molecule has 4 aromatic rings. The molecule has 0 aliphatic carbocycles. The number of benzene rings is 3. The van der Waals surface area contributed by atoms with Crippen LogP contribution in [0.15, 0.2) is 103 Å². The molecule has 5 N–H and O–H groups in total. The molecule has 0 aliphatic rings. The number of hydrogen-bond acceptors (Lipinski definition) is 3. The second-order valence-electron chi connectivity index (χ2n) is 7.60. The summed E-state index contributed by atoms with van der Waals surface area (Å²) < 4.78 is 0. The lowest BCUT2D eigenvalue weighted by Gasteiger charge is -2.37. The predicted octanol–water partition coefficient (Wildman–Crippen LogP) is -0.295. The molecule has 3 aromatic carbocycles. The van der Waals surface area contributed by atoms with Gasteiger partial charge in [-0.3, -0.25) is 9.59 Å². The van der Waals surface area contributed by atoms with Crippen LogP contribution in [0, 0.1) is 0 Å². The Morgan fingerprint density at radius 3 is 1.70 bits per heavy atom. The zero-order chi connectivity index (χ0) is 22.4.